The summed E-state index contributed by atoms with van der Waals surface area (Å²) in [6, 6.07) is 13.6. The van der Waals surface area contributed by atoms with Crippen molar-refractivity contribution in [2.24, 2.45) is 17.6 Å². The highest BCUT2D eigenvalue weighted by atomic mass is 16.2. The molecule has 250 valence electrons. The Hall–Kier alpha value is -5.13. The molecule has 1 heterocycles. The highest BCUT2D eigenvalue weighted by Crippen LogP contribution is 2.17. The van der Waals surface area contributed by atoms with Gasteiger partial charge in [0.15, 0.2) is 0 Å². The van der Waals surface area contributed by atoms with Crippen molar-refractivity contribution < 1.29 is 28.8 Å². The van der Waals surface area contributed by atoms with Crippen LogP contribution in [0, 0.1) is 11.8 Å². The number of amides is 5. The number of hydrogen-bond donors (Lipinski definition) is 5. The number of nitrogens with two attached hydrogens (primary N) is 1. The van der Waals surface area contributed by atoms with Gasteiger partial charge in [0.1, 0.15) is 12.1 Å². The first-order valence-corrected chi connectivity index (χ1v) is 15.7. The zero-order valence-corrected chi connectivity index (χ0v) is 27.2. The van der Waals surface area contributed by atoms with Gasteiger partial charge in [0.25, 0.3) is 5.91 Å². The van der Waals surface area contributed by atoms with E-state index in [0.717, 1.165) is 21.9 Å². The summed E-state index contributed by atoms with van der Waals surface area (Å²) in [6.45, 7) is 6.73. The topological polar surface area (TPSA) is 189 Å². The Bertz CT molecular complexity index is 1580. The van der Waals surface area contributed by atoms with Gasteiger partial charge in [-0.2, -0.15) is 0 Å². The van der Waals surface area contributed by atoms with Crippen molar-refractivity contribution >= 4 is 46.1 Å². The van der Waals surface area contributed by atoms with E-state index in [2.05, 4.69) is 26.3 Å². The monoisotopic (exact) mass is 644 g/mol. The summed E-state index contributed by atoms with van der Waals surface area (Å²) >= 11 is 0. The number of fused-ring (bicyclic) bond motifs is 1. The summed E-state index contributed by atoms with van der Waals surface area (Å²) in [6.07, 6.45) is 4.09. The van der Waals surface area contributed by atoms with Gasteiger partial charge in [0.05, 0.1) is 19.0 Å². The Morgan fingerprint density at radius 2 is 1.45 bits per heavy atom. The van der Waals surface area contributed by atoms with E-state index in [1.54, 1.807) is 31.5 Å². The molecule has 12 nitrogen and oxygen atoms in total. The third-order valence-corrected chi connectivity index (χ3v) is 7.83. The second kappa shape index (κ2) is 17.5. The first-order chi connectivity index (χ1) is 22.4. The van der Waals surface area contributed by atoms with Crippen LogP contribution >= 0.6 is 0 Å². The first kappa shape index (κ1) is 36.3. The van der Waals surface area contributed by atoms with Crippen LogP contribution in [0.2, 0.25) is 0 Å². The molecular weight excluding hydrogens is 600 g/mol. The summed E-state index contributed by atoms with van der Waals surface area (Å²) in [4.78, 5) is 81.0. The molecule has 0 bridgehead atoms. The molecule has 0 aliphatic rings. The number of benzene rings is 2. The second-order valence-corrected chi connectivity index (χ2v) is 12.1. The van der Waals surface area contributed by atoms with E-state index in [1.807, 2.05) is 63.2 Å². The normalized spacial score (nSPS) is 13.6. The summed E-state index contributed by atoms with van der Waals surface area (Å²) < 4.78 is 0. The Morgan fingerprint density at radius 1 is 0.787 bits per heavy atom. The fourth-order valence-corrected chi connectivity index (χ4v) is 5.05. The van der Waals surface area contributed by atoms with E-state index in [1.165, 1.54) is 0 Å². The number of rotatable bonds is 17. The molecule has 0 saturated heterocycles. The third-order valence-electron chi connectivity index (χ3n) is 7.83. The number of ketones is 1. The minimum atomic E-state index is -1.20. The van der Waals surface area contributed by atoms with E-state index in [-0.39, 0.29) is 24.7 Å². The maximum absolute atomic E-state index is 13.4. The van der Waals surface area contributed by atoms with Crippen LogP contribution in [0.1, 0.15) is 51.7 Å². The average Bonchev–Trinajstić information content (AvgIpc) is 3.04. The molecule has 3 rings (SSSR count). The van der Waals surface area contributed by atoms with Gasteiger partial charge in [-0.1, -0.05) is 76.6 Å². The van der Waals surface area contributed by atoms with Crippen molar-refractivity contribution in [3.05, 3.63) is 78.1 Å². The lowest BCUT2D eigenvalue weighted by Gasteiger charge is -2.26. The zero-order chi connectivity index (χ0) is 34.5. The number of Topliss-reactive ketones (excluding diaryl/α,β-unsaturated/α-hetero) is 1. The highest BCUT2D eigenvalue weighted by molar-refractivity contribution is 6.38. The van der Waals surface area contributed by atoms with Gasteiger partial charge in [0, 0.05) is 18.8 Å². The molecule has 0 spiro atoms. The minimum absolute atomic E-state index is 0.0389. The molecule has 0 aliphatic heterocycles. The summed E-state index contributed by atoms with van der Waals surface area (Å²) in [5.41, 5.74) is 7.05. The van der Waals surface area contributed by atoms with Gasteiger partial charge >= 0.3 is 0 Å². The van der Waals surface area contributed by atoms with Crippen LogP contribution in [0.5, 0.6) is 0 Å². The average molecular weight is 645 g/mol. The summed E-state index contributed by atoms with van der Waals surface area (Å²) in [5, 5.41) is 12.2. The van der Waals surface area contributed by atoms with E-state index in [9.17, 15) is 28.8 Å². The van der Waals surface area contributed by atoms with Gasteiger partial charge in [-0.05, 0) is 52.3 Å². The predicted molar refractivity (Wildman–Crippen MR) is 178 cm³/mol. The molecule has 5 amide bonds. The standard InChI is InChI=1S/C35H44N6O6/c1-5-22(4)31(41-34(46)28(16-21(2)3)40-29(42)19-23-12-14-37-15-13-23)32(44)35(47)38-20-30(43)39-27(33(36)45)18-24-10-11-25-8-6-7-9-26(25)17-24/h6-15,17,21-22,27-28,31H,5,16,18-20H2,1-4H3,(H2,36,45)(H,38,47)(H,39,43)(H,40,42)(H,41,46)/t22-,27-,28-,31?/m0/s1. The predicted octanol–water partition coefficient (Wildman–Crippen LogP) is 1.74. The number of nitrogens with zero attached hydrogens (tertiary/aromatic N) is 1. The fourth-order valence-electron chi connectivity index (χ4n) is 5.05. The fraction of sp³-hybridized carbons (Fsp3) is 0.400. The quantitative estimate of drug-likeness (QED) is 0.138. The Kier molecular flexibility index (Phi) is 13.6. The van der Waals surface area contributed by atoms with E-state index >= 15 is 0 Å². The Labute approximate surface area is 274 Å². The molecule has 0 radical (unpaired) electrons. The second-order valence-electron chi connectivity index (χ2n) is 12.1. The molecule has 1 unspecified atom stereocenters. The van der Waals surface area contributed by atoms with Gasteiger partial charge in [-0.25, -0.2) is 0 Å². The van der Waals surface area contributed by atoms with Crippen molar-refractivity contribution in [3.8, 4) is 0 Å². The Morgan fingerprint density at radius 3 is 2.09 bits per heavy atom. The lowest BCUT2D eigenvalue weighted by atomic mass is 9.93. The van der Waals surface area contributed by atoms with Crippen LogP contribution in [-0.2, 0) is 41.6 Å². The van der Waals surface area contributed by atoms with Crippen molar-refractivity contribution in [3.63, 3.8) is 0 Å². The largest absolute Gasteiger partial charge is 0.368 e. The number of hydrogen-bond acceptors (Lipinski definition) is 7. The van der Waals surface area contributed by atoms with Crippen LogP contribution in [0.4, 0.5) is 0 Å². The summed E-state index contributed by atoms with van der Waals surface area (Å²) in [7, 11) is 0. The van der Waals surface area contributed by atoms with E-state index in [4.69, 9.17) is 5.73 Å². The maximum atomic E-state index is 13.4. The lowest BCUT2D eigenvalue weighted by Crippen LogP contribution is -2.57. The smallest absolute Gasteiger partial charge is 0.290 e. The van der Waals surface area contributed by atoms with Crippen LogP contribution in [0.3, 0.4) is 0 Å². The molecule has 2 aromatic carbocycles. The third kappa shape index (κ3) is 11.3. The summed E-state index contributed by atoms with van der Waals surface area (Å²) in [5.74, 6) is -4.83. The van der Waals surface area contributed by atoms with Gasteiger partial charge < -0.3 is 27.0 Å². The zero-order valence-electron chi connectivity index (χ0n) is 27.2. The van der Waals surface area contributed by atoms with Crippen LogP contribution in [-0.4, -0.2) is 65.0 Å². The SMILES string of the molecule is CC[C@H](C)C(NC(=O)[C@H](CC(C)C)NC(=O)Cc1ccncc1)C(=O)C(=O)NCC(=O)N[C@@H](Cc1ccc2ccccc2c1)C(N)=O. The molecule has 12 heteroatoms. The van der Waals surface area contributed by atoms with Crippen LogP contribution < -0.4 is 27.0 Å². The minimum Gasteiger partial charge on any atom is -0.368 e. The van der Waals surface area contributed by atoms with Crippen molar-refractivity contribution in [2.45, 2.75) is 71.5 Å². The van der Waals surface area contributed by atoms with Crippen molar-refractivity contribution in [1.82, 2.24) is 26.3 Å². The molecule has 1 aromatic heterocycles. The lowest BCUT2D eigenvalue weighted by molar-refractivity contribution is -0.142. The molecule has 0 saturated carbocycles. The number of carbonyl (C=O) groups excluding carboxylic acids is 6. The van der Waals surface area contributed by atoms with Gasteiger partial charge in [0.2, 0.25) is 29.4 Å². The number of carbonyl (C=O) groups is 6. The maximum Gasteiger partial charge on any atom is 0.290 e. The Balaban J connectivity index is 1.60. The van der Waals surface area contributed by atoms with E-state index < -0.39 is 60.0 Å². The van der Waals surface area contributed by atoms with Gasteiger partial charge in [-0.3, -0.25) is 33.8 Å². The molecule has 47 heavy (non-hydrogen) atoms. The number of nitrogens with one attached hydrogen (secondary N) is 4. The molecule has 0 aliphatic carbocycles. The van der Waals surface area contributed by atoms with Crippen LogP contribution in [0.15, 0.2) is 67.0 Å². The highest BCUT2D eigenvalue weighted by Gasteiger charge is 2.33. The van der Waals surface area contributed by atoms with Crippen molar-refractivity contribution in [1.29, 1.82) is 0 Å². The number of aromatic nitrogens is 1. The van der Waals surface area contributed by atoms with Crippen molar-refractivity contribution in [2.75, 3.05) is 6.54 Å². The first-order valence-electron chi connectivity index (χ1n) is 15.7. The molecular formula is C35H44N6O6. The number of primary amides is 1. The van der Waals surface area contributed by atoms with Gasteiger partial charge in [-0.15, -0.1) is 0 Å². The number of pyridine rings is 1. The molecule has 4 atom stereocenters. The van der Waals surface area contributed by atoms with E-state index in [0.29, 0.717) is 12.8 Å². The molecule has 6 N–H and O–H groups in total. The molecule has 0 fully saturated rings. The molecule has 3 aromatic rings. The van der Waals surface area contributed by atoms with Crippen LogP contribution in [0.25, 0.3) is 10.8 Å².